The van der Waals surface area contributed by atoms with Gasteiger partial charge in [-0.2, -0.15) is 15.4 Å². The molecule has 1 aromatic carbocycles. The maximum Gasteiger partial charge on any atom is 0.274 e. The van der Waals surface area contributed by atoms with Crippen molar-refractivity contribution in [2.75, 3.05) is 5.32 Å². The Morgan fingerprint density at radius 3 is 2.74 bits per heavy atom. The second-order valence-corrected chi connectivity index (χ2v) is 9.06. The van der Waals surface area contributed by atoms with Gasteiger partial charge in [-0.15, -0.1) is 0 Å². The zero-order valence-electron chi connectivity index (χ0n) is 16.8. The van der Waals surface area contributed by atoms with Gasteiger partial charge in [-0.3, -0.25) is 4.79 Å². The normalized spacial score (nSPS) is 27.4. The summed E-state index contributed by atoms with van der Waals surface area (Å²) >= 11 is 5.83. The number of aliphatic hydroxyl groups is 1. The largest absolute Gasteiger partial charge is 0.383 e. The lowest BCUT2D eigenvalue weighted by atomic mass is 9.90. The van der Waals surface area contributed by atoms with E-state index >= 15 is 0 Å². The van der Waals surface area contributed by atoms with E-state index in [-0.39, 0.29) is 16.8 Å². The molecule has 2 aliphatic rings. The zero-order valence-corrected chi connectivity index (χ0v) is 17.6. The van der Waals surface area contributed by atoms with Gasteiger partial charge < -0.3 is 15.0 Å². The molecular formula is C21H22ClFN6O2. The van der Waals surface area contributed by atoms with Gasteiger partial charge in [0.05, 0.1) is 23.2 Å². The zero-order chi connectivity index (χ0) is 21.8. The van der Waals surface area contributed by atoms with E-state index < -0.39 is 11.4 Å². The lowest BCUT2D eigenvalue weighted by Gasteiger charge is -2.22. The summed E-state index contributed by atoms with van der Waals surface area (Å²) in [5.74, 6) is -0.0468. The van der Waals surface area contributed by atoms with Crippen LogP contribution in [0, 0.1) is 17.7 Å². The van der Waals surface area contributed by atoms with Gasteiger partial charge >= 0.3 is 0 Å². The number of H-pyrrole nitrogens is 1. The molecule has 162 valence electrons. The molecule has 8 nitrogen and oxygen atoms in total. The first-order valence-electron chi connectivity index (χ1n) is 10.2. The number of halogens is 2. The number of nitrogens with zero attached hydrogens (tertiary/aromatic N) is 4. The van der Waals surface area contributed by atoms with Crippen LogP contribution in [0.2, 0.25) is 5.02 Å². The van der Waals surface area contributed by atoms with Crippen molar-refractivity contribution in [3.63, 3.8) is 0 Å². The van der Waals surface area contributed by atoms with E-state index in [1.165, 1.54) is 18.2 Å². The van der Waals surface area contributed by atoms with Crippen LogP contribution in [0.5, 0.6) is 0 Å². The Hall–Kier alpha value is -2.78. The minimum Gasteiger partial charge on any atom is -0.383 e. The first-order valence-corrected chi connectivity index (χ1v) is 10.6. The van der Waals surface area contributed by atoms with Crippen LogP contribution in [0.1, 0.15) is 53.5 Å². The number of aromatic nitrogens is 5. The van der Waals surface area contributed by atoms with Gasteiger partial charge in [-0.25, -0.2) is 9.37 Å². The summed E-state index contributed by atoms with van der Waals surface area (Å²) in [5, 5.41) is 24.2. The summed E-state index contributed by atoms with van der Waals surface area (Å²) in [6, 6.07) is 4.08. The number of carbonyl (C=O) groups is 1. The second kappa shape index (κ2) is 7.42. The molecule has 2 aromatic heterocycles. The van der Waals surface area contributed by atoms with Crippen LogP contribution in [-0.4, -0.2) is 36.0 Å². The third kappa shape index (κ3) is 3.51. The molecule has 2 fully saturated rings. The quantitative estimate of drug-likeness (QED) is 0.571. The van der Waals surface area contributed by atoms with Crippen LogP contribution in [0.4, 0.5) is 10.1 Å². The fraction of sp³-hybridized carbons (Fsp3) is 0.429. The number of hydrogen-bond acceptors (Lipinski definition) is 5. The van der Waals surface area contributed by atoms with E-state index in [0.717, 1.165) is 18.5 Å². The average Bonchev–Trinajstić information content (AvgIpc) is 3.47. The number of hydrogen-bond donors (Lipinski definition) is 3. The Morgan fingerprint density at radius 1 is 1.35 bits per heavy atom. The minimum absolute atomic E-state index is 0.0498. The van der Waals surface area contributed by atoms with E-state index in [2.05, 4.69) is 25.7 Å². The summed E-state index contributed by atoms with van der Waals surface area (Å²) in [5.41, 5.74) is 1.31. The van der Waals surface area contributed by atoms with E-state index in [1.54, 1.807) is 24.1 Å². The summed E-state index contributed by atoms with van der Waals surface area (Å²) in [4.78, 5) is 17.5. The van der Waals surface area contributed by atoms with Crippen LogP contribution < -0.4 is 5.32 Å². The first-order chi connectivity index (χ1) is 14.8. The monoisotopic (exact) mass is 444 g/mol. The molecule has 0 radical (unpaired) electrons. The van der Waals surface area contributed by atoms with Gasteiger partial charge in [0.15, 0.2) is 0 Å². The Balaban J connectivity index is 1.33. The van der Waals surface area contributed by atoms with Crippen LogP contribution in [0.25, 0.3) is 0 Å². The Kier molecular flexibility index (Phi) is 4.82. The Morgan fingerprint density at radius 2 is 2.10 bits per heavy atom. The van der Waals surface area contributed by atoms with E-state index in [1.807, 2.05) is 0 Å². The van der Waals surface area contributed by atoms with Gasteiger partial charge in [0, 0.05) is 18.7 Å². The number of aryl methyl sites for hydroxylation is 1. The molecule has 3 aromatic rings. The van der Waals surface area contributed by atoms with Crippen molar-refractivity contribution >= 4 is 23.2 Å². The van der Waals surface area contributed by atoms with Crippen molar-refractivity contribution in [1.82, 2.24) is 25.0 Å². The number of benzene rings is 1. The fourth-order valence-corrected chi connectivity index (χ4v) is 5.49. The summed E-state index contributed by atoms with van der Waals surface area (Å²) in [6.07, 6.45) is 6.18. The third-order valence-electron chi connectivity index (χ3n) is 6.68. The summed E-state index contributed by atoms with van der Waals surface area (Å²) in [7, 11) is 1.78. The molecule has 10 heteroatoms. The molecule has 0 aliphatic heterocycles. The first kappa shape index (κ1) is 20.1. The van der Waals surface area contributed by atoms with Crippen LogP contribution in [0.15, 0.2) is 30.7 Å². The highest BCUT2D eigenvalue weighted by atomic mass is 35.5. The van der Waals surface area contributed by atoms with Crippen LogP contribution >= 0.6 is 11.6 Å². The SMILES string of the molecule is Cn1cnc(C2CC3CC(O)(c4cn[nH]n4)CC3C2)c1C(=O)Nc1ccc(F)c(Cl)c1. The third-order valence-corrected chi connectivity index (χ3v) is 6.97. The standard InChI is InChI=1S/C21H22ClFN6O2/c1-29-10-24-18(19(29)20(30)26-14-2-3-16(23)15(22)6-14)11-4-12-7-21(31,8-13(12)5-11)17-9-25-28-27-17/h2-3,6,9-13,31H,4-5,7-8H2,1H3,(H,26,30)(H,25,27,28). The number of imidazole rings is 1. The lowest BCUT2D eigenvalue weighted by Crippen LogP contribution is -2.24. The summed E-state index contributed by atoms with van der Waals surface area (Å²) in [6.45, 7) is 0. The molecule has 5 rings (SSSR count). The molecular weight excluding hydrogens is 423 g/mol. The van der Waals surface area contributed by atoms with Gasteiger partial charge in [0.1, 0.15) is 22.8 Å². The van der Waals surface area contributed by atoms with Gasteiger partial charge in [-0.05, 0) is 55.7 Å². The van der Waals surface area contributed by atoms with Crippen molar-refractivity contribution in [3.05, 3.63) is 58.6 Å². The van der Waals surface area contributed by atoms with Gasteiger partial charge in [0.25, 0.3) is 5.91 Å². The Labute approximate surface area is 182 Å². The second-order valence-electron chi connectivity index (χ2n) is 8.66. The smallest absolute Gasteiger partial charge is 0.274 e. The molecule has 2 atom stereocenters. The summed E-state index contributed by atoms with van der Waals surface area (Å²) < 4.78 is 15.1. The Bertz CT molecular complexity index is 1120. The van der Waals surface area contributed by atoms with E-state index in [0.29, 0.717) is 41.8 Å². The molecule has 31 heavy (non-hydrogen) atoms. The molecule has 3 N–H and O–H groups in total. The maximum absolute atomic E-state index is 13.4. The van der Waals surface area contributed by atoms with Crippen molar-refractivity contribution in [2.24, 2.45) is 18.9 Å². The number of rotatable bonds is 4. The molecule has 2 saturated carbocycles. The highest BCUT2D eigenvalue weighted by molar-refractivity contribution is 6.31. The van der Waals surface area contributed by atoms with Crippen LogP contribution in [0.3, 0.4) is 0 Å². The molecule has 0 saturated heterocycles. The van der Waals surface area contributed by atoms with Crippen molar-refractivity contribution in [1.29, 1.82) is 0 Å². The van der Waals surface area contributed by atoms with Crippen molar-refractivity contribution in [3.8, 4) is 0 Å². The number of carbonyl (C=O) groups excluding carboxylic acids is 1. The van der Waals surface area contributed by atoms with E-state index in [4.69, 9.17) is 11.6 Å². The maximum atomic E-state index is 13.4. The molecule has 2 heterocycles. The van der Waals surface area contributed by atoms with Gasteiger partial charge in [-0.1, -0.05) is 11.6 Å². The van der Waals surface area contributed by atoms with E-state index in [9.17, 15) is 14.3 Å². The number of amides is 1. The minimum atomic E-state index is -0.945. The number of nitrogens with one attached hydrogen (secondary N) is 2. The number of anilines is 1. The highest BCUT2D eigenvalue weighted by Crippen LogP contribution is 2.56. The van der Waals surface area contributed by atoms with Gasteiger partial charge in [0.2, 0.25) is 0 Å². The van der Waals surface area contributed by atoms with Crippen LogP contribution in [-0.2, 0) is 12.6 Å². The lowest BCUT2D eigenvalue weighted by molar-refractivity contribution is 0.0300. The average molecular weight is 445 g/mol. The molecule has 2 aliphatic carbocycles. The molecule has 2 unspecified atom stereocenters. The molecule has 1 amide bonds. The number of fused-ring (bicyclic) bond motifs is 1. The topological polar surface area (TPSA) is 109 Å². The number of aromatic amines is 1. The van der Waals surface area contributed by atoms with Crippen molar-refractivity contribution in [2.45, 2.75) is 37.2 Å². The molecule has 0 bridgehead atoms. The highest BCUT2D eigenvalue weighted by Gasteiger charge is 2.51. The molecule has 0 spiro atoms. The predicted octanol–water partition coefficient (Wildman–Crippen LogP) is 3.37. The fourth-order valence-electron chi connectivity index (χ4n) is 5.31. The van der Waals surface area contributed by atoms with Crippen molar-refractivity contribution < 1.29 is 14.3 Å². The predicted molar refractivity (Wildman–Crippen MR) is 111 cm³/mol.